The van der Waals surface area contributed by atoms with Gasteiger partial charge >= 0.3 is 12.1 Å². The lowest BCUT2D eigenvalue weighted by Crippen LogP contribution is -2.40. The van der Waals surface area contributed by atoms with Crippen molar-refractivity contribution in [2.24, 2.45) is 5.92 Å². The number of piperidine rings is 1. The quantitative estimate of drug-likeness (QED) is 0.788. The van der Waals surface area contributed by atoms with Gasteiger partial charge in [0.05, 0.1) is 18.7 Å². The van der Waals surface area contributed by atoms with Crippen LogP contribution in [0.4, 0.5) is 13.2 Å². The minimum absolute atomic E-state index is 0.134. The van der Waals surface area contributed by atoms with E-state index in [1.165, 1.54) is 4.90 Å². The third-order valence-electron chi connectivity index (χ3n) is 4.30. The van der Waals surface area contributed by atoms with Gasteiger partial charge in [-0.2, -0.15) is 13.2 Å². The van der Waals surface area contributed by atoms with E-state index in [1.54, 1.807) is 12.1 Å². The number of carbonyl (C=O) groups is 1. The second-order valence-corrected chi connectivity index (χ2v) is 6.23. The standard InChI is InChI=1S/C17H22F3NO2/c1-12-3-4-15(9-13(12)2)16(22)23-10-14-5-7-21(8-6-14)11-17(18,19)20/h3-4,9,14H,5-8,10-11H2,1-2H3. The molecule has 1 aliphatic rings. The summed E-state index contributed by atoms with van der Waals surface area (Å²) in [5.41, 5.74) is 2.65. The molecular formula is C17H22F3NO2. The number of hydrogen-bond donors (Lipinski definition) is 0. The highest BCUT2D eigenvalue weighted by atomic mass is 19.4. The van der Waals surface area contributed by atoms with Gasteiger partial charge in [0.2, 0.25) is 0 Å². The summed E-state index contributed by atoms with van der Waals surface area (Å²) in [5.74, 6) is -0.235. The molecule has 6 heteroatoms. The van der Waals surface area contributed by atoms with Crippen molar-refractivity contribution >= 4 is 5.97 Å². The fraction of sp³-hybridized carbons (Fsp3) is 0.588. The van der Waals surface area contributed by atoms with E-state index >= 15 is 0 Å². The van der Waals surface area contributed by atoms with Crippen molar-refractivity contribution in [2.75, 3.05) is 26.2 Å². The van der Waals surface area contributed by atoms with Crippen LogP contribution in [-0.2, 0) is 4.74 Å². The van der Waals surface area contributed by atoms with Gasteiger partial charge in [-0.3, -0.25) is 4.90 Å². The highest BCUT2D eigenvalue weighted by molar-refractivity contribution is 5.89. The average Bonchev–Trinajstić information content (AvgIpc) is 2.47. The van der Waals surface area contributed by atoms with E-state index in [4.69, 9.17) is 4.74 Å². The zero-order valence-corrected chi connectivity index (χ0v) is 13.4. The molecule has 0 atom stereocenters. The number of likely N-dealkylation sites (tertiary alicyclic amines) is 1. The molecule has 1 heterocycles. The predicted molar refractivity (Wildman–Crippen MR) is 81.4 cm³/mol. The van der Waals surface area contributed by atoms with E-state index in [2.05, 4.69) is 0 Å². The van der Waals surface area contributed by atoms with Gasteiger partial charge in [-0.05, 0) is 69.0 Å². The van der Waals surface area contributed by atoms with E-state index in [0.717, 1.165) is 11.1 Å². The Labute approximate surface area is 134 Å². The molecule has 1 fully saturated rings. The number of ether oxygens (including phenoxy) is 1. The van der Waals surface area contributed by atoms with Crippen molar-refractivity contribution < 1.29 is 22.7 Å². The summed E-state index contributed by atoms with van der Waals surface area (Å²) in [5, 5.41) is 0. The summed E-state index contributed by atoms with van der Waals surface area (Å²) in [6, 6.07) is 5.40. The molecule has 0 radical (unpaired) electrons. The largest absolute Gasteiger partial charge is 0.462 e. The Hall–Kier alpha value is -1.56. The monoisotopic (exact) mass is 329 g/mol. The molecule has 23 heavy (non-hydrogen) atoms. The van der Waals surface area contributed by atoms with Crippen LogP contribution in [0.5, 0.6) is 0 Å². The van der Waals surface area contributed by atoms with E-state index < -0.39 is 12.7 Å². The van der Waals surface area contributed by atoms with E-state index in [1.807, 2.05) is 19.9 Å². The Bertz CT molecular complexity index is 549. The molecular weight excluding hydrogens is 307 g/mol. The zero-order chi connectivity index (χ0) is 17.0. The summed E-state index contributed by atoms with van der Waals surface area (Å²) in [6.07, 6.45) is -2.91. The molecule has 0 N–H and O–H groups in total. The van der Waals surface area contributed by atoms with Crippen molar-refractivity contribution in [3.8, 4) is 0 Å². The number of halogens is 3. The molecule has 3 nitrogen and oxygen atoms in total. The van der Waals surface area contributed by atoms with Crippen molar-refractivity contribution in [1.82, 2.24) is 4.90 Å². The minimum Gasteiger partial charge on any atom is -0.462 e. The molecule has 2 rings (SSSR count). The van der Waals surface area contributed by atoms with Gasteiger partial charge in [-0.15, -0.1) is 0 Å². The molecule has 0 amide bonds. The molecule has 0 aromatic heterocycles. The molecule has 1 saturated heterocycles. The summed E-state index contributed by atoms with van der Waals surface area (Å²) < 4.78 is 42.3. The minimum atomic E-state index is -4.15. The number of esters is 1. The fourth-order valence-corrected chi connectivity index (χ4v) is 2.71. The van der Waals surface area contributed by atoms with Crippen LogP contribution >= 0.6 is 0 Å². The lowest BCUT2D eigenvalue weighted by Gasteiger charge is -2.32. The van der Waals surface area contributed by atoms with Crippen molar-refractivity contribution in [1.29, 1.82) is 0 Å². The number of benzene rings is 1. The maximum Gasteiger partial charge on any atom is 0.401 e. The maximum absolute atomic E-state index is 12.3. The van der Waals surface area contributed by atoms with Crippen LogP contribution in [0, 0.1) is 19.8 Å². The third kappa shape index (κ3) is 5.53. The van der Waals surface area contributed by atoms with E-state index in [9.17, 15) is 18.0 Å². The first-order chi connectivity index (χ1) is 10.7. The van der Waals surface area contributed by atoms with Crippen LogP contribution < -0.4 is 0 Å². The van der Waals surface area contributed by atoms with Gasteiger partial charge in [0.25, 0.3) is 0 Å². The smallest absolute Gasteiger partial charge is 0.401 e. The zero-order valence-electron chi connectivity index (χ0n) is 13.4. The average molecular weight is 329 g/mol. The Morgan fingerprint density at radius 2 is 1.87 bits per heavy atom. The number of hydrogen-bond acceptors (Lipinski definition) is 3. The van der Waals surface area contributed by atoms with Crippen molar-refractivity contribution in [2.45, 2.75) is 32.9 Å². The third-order valence-corrected chi connectivity index (χ3v) is 4.30. The summed E-state index contributed by atoms with van der Waals surface area (Å²) >= 11 is 0. The van der Waals surface area contributed by atoms with Crippen LogP contribution in [-0.4, -0.2) is 43.3 Å². The molecule has 128 valence electrons. The lowest BCUT2D eigenvalue weighted by molar-refractivity contribution is -0.148. The predicted octanol–water partition coefficient (Wildman–Crippen LogP) is 3.73. The number of alkyl halides is 3. The van der Waals surface area contributed by atoms with Crippen LogP contribution in [0.3, 0.4) is 0 Å². The Morgan fingerprint density at radius 3 is 2.43 bits per heavy atom. The van der Waals surface area contributed by atoms with Gasteiger partial charge in [0.15, 0.2) is 0 Å². The van der Waals surface area contributed by atoms with Crippen LogP contribution in [0.1, 0.15) is 34.3 Å². The first-order valence-corrected chi connectivity index (χ1v) is 7.78. The van der Waals surface area contributed by atoms with Crippen molar-refractivity contribution in [3.63, 3.8) is 0 Å². The molecule has 0 spiro atoms. The number of aryl methyl sites for hydroxylation is 2. The van der Waals surface area contributed by atoms with Gasteiger partial charge in [-0.1, -0.05) is 6.07 Å². The van der Waals surface area contributed by atoms with E-state index in [-0.39, 0.29) is 18.5 Å². The van der Waals surface area contributed by atoms with Gasteiger partial charge in [0.1, 0.15) is 0 Å². The van der Waals surface area contributed by atoms with Crippen molar-refractivity contribution in [3.05, 3.63) is 34.9 Å². The van der Waals surface area contributed by atoms with Crippen LogP contribution in [0.2, 0.25) is 0 Å². The normalized spacial score (nSPS) is 17.3. The summed E-state index contributed by atoms with van der Waals surface area (Å²) in [6.45, 7) is 4.10. The Morgan fingerprint density at radius 1 is 1.22 bits per heavy atom. The topological polar surface area (TPSA) is 29.5 Å². The number of nitrogens with zero attached hydrogens (tertiary/aromatic N) is 1. The Kier molecular flexibility index (Phi) is 5.68. The number of carbonyl (C=O) groups excluding carboxylic acids is 1. The van der Waals surface area contributed by atoms with Crippen LogP contribution in [0.15, 0.2) is 18.2 Å². The van der Waals surface area contributed by atoms with E-state index in [0.29, 0.717) is 31.5 Å². The molecule has 0 saturated carbocycles. The molecule has 0 bridgehead atoms. The lowest BCUT2D eigenvalue weighted by atomic mass is 9.98. The SMILES string of the molecule is Cc1ccc(C(=O)OCC2CCN(CC(F)(F)F)CC2)cc1C. The number of rotatable bonds is 4. The second-order valence-electron chi connectivity index (χ2n) is 6.23. The van der Waals surface area contributed by atoms with Gasteiger partial charge < -0.3 is 4.74 Å². The Balaban J connectivity index is 1.76. The molecule has 1 aromatic carbocycles. The molecule has 1 aromatic rings. The van der Waals surface area contributed by atoms with Gasteiger partial charge in [0, 0.05) is 0 Å². The first kappa shape index (κ1) is 17.8. The summed E-state index contributed by atoms with van der Waals surface area (Å²) in [4.78, 5) is 13.4. The molecule has 0 unspecified atom stereocenters. The maximum atomic E-state index is 12.3. The molecule has 0 aliphatic carbocycles. The van der Waals surface area contributed by atoms with Crippen LogP contribution in [0.25, 0.3) is 0 Å². The highest BCUT2D eigenvalue weighted by Gasteiger charge is 2.32. The highest BCUT2D eigenvalue weighted by Crippen LogP contribution is 2.23. The first-order valence-electron chi connectivity index (χ1n) is 7.78. The molecule has 1 aliphatic heterocycles. The second kappa shape index (κ2) is 7.34. The fourth-order valence-electron chi connectivity index (χ4n) is 2.71. The van der Waals surface area contributed by atoms with Gasteiger partial charge in [-0.25, -0.2) is 4.79 Å². The summed E-state index contributed by atoms with van der Waals surface area (Å²) in [7, 11) is 0.